The van der Waals surface area contributed by atoms with Gasteiger partial charge in [-0.15, -0.1) is 0 Å². The molecule has 0 N–H and O–H groups in total. The van der Waals surface area contributed by atoms with Gasteiger partial charge in [0.1, 0.15) is 12.0 Å². The highest BCUT2D eigenvalue weighted by atomic mass is 16.6. The Morgan fingerprint density at radius 2 is 1.61 bits per heavy atom. The number of carbonyl (C=O) groups is 2. The molecule has 0 saturated heterocycles. The van der Waals surface area contributed by atoms with Crippen LogP contribution in [0.1, 0.15) is 57.4 Å². The Labute approximate surface area is 213 Å². The van der Waals surface area contributed by atoms with Gasteiger partial charge < -0.3 is 18.6 Å². The summed E-state index contributed by atoms with van der Waals surface area (Å²) in [5, 5.41) is 0. The summed E-state index contributed by atoms with van der Waals surface area (Å²) in [5.74, 6) is -1.28. The molecule has 0 aliphatic carbocycles. The Kier molecular flexibility index (Phi) is 11.7. The lowest BCUT2D eigenvalue weighted by Crippen LogP contribution is -2.32. The van der Waals surface area contributed by atoms with E-state index in [2.05, 4.69) is 4.98 Å². The van der Waals surface area contributed by atoms with Crippen LogP contribution in [0.4, 0.5) is 0 Å². The number of aromatic nitrogens is 1. The molecule has 36 heavy (non-hydrogen) atoms. The second-order valence-corrected chi connectivity index (χ2v) is 7.90. The van der Waals surface area contributed by atoms with Gasteiger partial charge in [0, 0.05) is 17.9 Å². The van der Waals surface area contributed by atoms with E-state index in [4.69, 9.17) is 18.6 Å². The molecule has 0 amide bonds. The Bertz CT molecular complexity index is 1070. The number of oxazole rings is 1. The van der Waals surface area contributed by atoms with E-state index in [1.165, 1.54) is 0 Å². The standard InChI is InChI=1S/C27H31NO6.C2H6/c1-5-31-26(29)24(27(30)32-6-2)19(4)23-13-12-22(16-18(23)3)33-15-14-21-17-34-25(28-21)20-10-8-7-9-11-20;1-2/h7-13,16-17,19,24H,5-6,14-15H2,1-4H3;1-2H3. The second kappa shape index (κ2) is 14.7. The predicted molar refractivity (Wildman–Crippen MR) is 139 cm³/mol. The van der Waals surface area contributed by atoms with Crippen molar-refractivity contribution in [3.05, 3.63) is 71.6 Å². The minimum absolute atomic E-state index is 0.200. The van der Waals surface area contributed by atoms with E-state index < -0.39 is 23.8 Å². The van der Waals surface area contributed by atoms with Gasteiger partial charge in [-0.25, -0.2) is 4.98 Å². The number of carbonyl (C=O) groups excluding carboxylic acids is 2. The first kappa shape index (κ1) is 28.6. The molecule has 194 valence electrons. The van der Waals surface area contributed by atoms with Crippen molar-refractivity contribution in [2.24, 2.45) is 5.92 Å². The van der Waals surface area contributed by atoms with Crippen LogP contribution >= 0.6 is 0 Å². The summed E-state index contributed by atoms with van der Waals surface area (Å²) in [5.41, 5.74) is 3.52. The summed E-state index contributed by atoms with van der Waals surface area (Å²) in [7, 11) is 0. The Balaban J connectivity index is 0.00000222. The summed E-state index contributed by atoms with van der Waals surface area (Å²) in [6.45, 7) is 12.0. The average molecular weight is 496 g/mol. The molecular formula is C29H37NO6. The maximum absolute atomic E-state index is 12.5. The van der Waals surface area contributed by atoms with Crippen LogP contribution in [0.5, 0.6) is 5.75 Å². The van der Waals surface area contributed by atoms with E-state index in [0.29, 0.717) is 24.7 Å². The molecule has 0 fully saturated rings. The maximum Gasteiger partial charge on any atom is 0.320 e. The van der Waals surface area contributed by atoms with Gasteiger partial charge in [0.15, 0.2) is 5.92 Å². The summed E-state index contributed by atoms with van der Waals surface area (Å²) in [6.07, 6.45) is 2.24. The zero-order chi connectivity index (χ0) is 26.5. The number of benzene rings is 2. The number of hydrogen-bond acceptors (Lipinski definition) is 7. The molecule has 1 aromatic heterocycles. The van der Waals surface area contributed by atoms with Crippen molar-refractivity contribution < 1.29 is 28.2 Å². The lowest BCUT2D eigenvalue weighted by atomic mass is 9.85. The van der Waals surface area contributed by atoms with Crippen LogP contribution in [0.15, 0.2) is 59.2 Å². The first-order valence-electron chi connectivity index (χ1n) is 12.5. The summed E-state index contributed by atoms with van der Waals surface area (Å²) in [6, 6.07) is 15.3. The van der Waals surface area contributed by atoms with Crippen molar-refractivity contribution in [2.75, 3.05) is 19.8 Å². The van der Waals surface area contributed by atoms with E-state index in [0.717, 1.165) is 22.4 Å². The number of rotatable bonds is 11. The number of aryl methyl sites for hydroxylation is 1. The molecule has 7 heteroatoms. The number of ether oxygens (including phenoxy) is 3. The fourth-order valence-electron chi connectivity index (χ4n) is 3.81. The molecule has 7 nitrogen and oxygen atoms in total. The largest absolute Gasteiger partial charge is 0.493 e. The van der Waals surface area contributed by atoms with E-state index in [1.54, 1.807) is 20.1 Å². The maximum atomic E-state index is 12.5. The van der Waals surface area contributed by atoms with E-state index in [9.17, 15) is 9.59 Å². The molecule has 1 heterocycles. The first-order valence-corrected chi connectivity index (χ1v) is 12.5. The van der Waals surface area contributed by atoms with Crippen molar-refractivity contribution in [3.63, 3.8) is 0 Å². The van der Waals surface area contributed by atoms with Crippen LogP contribution in [-0.4, -0.2) is 36.7 Å². The molecule has 0 aliphatic heterocycles. The fourth-order valence-corrected chi connectivity index (χ4v) is 3.81. The van der Waals surface area contributed by atoms with Gasteiger partial charge >= 0.3 is 11.9 Å². The predicted octanol–water partition coefficient (Wildman–Crippen LogP) is 6.14. The molecule has 1 atom stereocenters. The van der Waals surface area contributed by atoms with Gasteiger partial charge in [0.05, 0.1) is 25.5 Å². The molecule has 1 unspecified atom stereocenters. The quantitative estimate of drug-likeness (QED) is 0.233. The lowest BCUT2D eigenvalue weighted by molar-refractivity contribution is -0.162. The number of esters is 2. The highest BCUT2D eigenvalue weighted by Gasteiger charge is 2.36. The van der Waals surface area contributed by atoms with Crippen LogP contribution in [-0.2, 0) is 25.5 Å². The molecular weight excluding hydrogens is 458 g/mol. The molecule has 3 aromatic rings. The van der Waals surface area contributed by atoms with E-state index in [1.807, 2.05) is 76.2 Å². The normalized spacial score (nSPS) is 11.3. The van der Waals surface area contributed by atoms with Crippen LogP contribution in [0.3, 0.4) is 0 Å². The van der Waals surface area contributed by atoms with Crippen molar-refractivity contribution in [2.45, 2.75) is 53.9 Å². The zero-order valence-electron chi connectivity index (χ0n) is 22.1. The zero-order valence-corrected chi connectivity index (χ0v) is 22.1. The number of hydrogen-bond donors (Lipinski definition) is 0. The lowest BCUT2D eigenvalue weighted by Gasteiger charge is -2.23. The minimum Gasteiger partial charge on any atom is -0.493 e. The third kappa shape index (κ3) is 7.70. The second-order valence-electron chi connectivity index (χ2n) is 7.90. The average Bonchev–Trinajstić information content (AvgIpc) is 3.35. The smallest absolute Gasteiger partial charge is 0.320 e. The van der Waals surface area contributed by atoms with E-state index in [-0.39, 0.29) is 13.2 Å². The highest BCUT2D eigenvalue weighted by molar-refractivity contribution is 5.96. The molecule has 0 bridgehead atoms. The summed E-state index contributed by atoms with van der Waals surface area (Å²) >= 11 is 0. The Morgan fingerprint density at radius 1 is 0.972 bits per heavy atom. The fraction of sp³-hybridized carbons (Fsp3) is 0.414. The SMILES string of the molecule is CC.CCOC(=O)C(C(=O)OCC)C(C)c1ccc(OCCc2coc(-c3ccccc3)n2)cc1C. The molecule has 3 rings (SSSR count). The Hall–Kier alpha value is -3.61. The van der Waals surface area contributed by atoms with Gasteiger partial charge in [0.25, 0.3) is 0 Å². The molecule has 2 aromatic carbocycles. The van der Waals surface area contributed by atoms with E-state index >= 15 is 0 Å². The summed E-state index contributed by atoms with van der Waals surface area (Å²) < 4.78 is 21.7. The van der Waals surface area contributed by atoms with Crippen LogP contribution in [0.2, 0.25) is 0 Å². The molecule has 0 spiro atoms. The minimum atomic E-state index is -1.02. The Morgan fingerprint density at radius 3 is 2.19 bits per heavy atom. The molecule has 0 aliphatic rings. The first-order chi connectivity index (χ1) is 17.4. The van der Waals surface area contributed by atoms with Crippen molar-refractivity contribution in [1.82, 2.24) is 4.98 Å². The van der Waals surface area contributed by atoms with Crippen molar-refractivity contribution in [1.29, 1.82) is 0 Å². The van der Waals surface area contributed by atoms with Crippen LogP contribution in [0, 0.1) is 12.8 Å². The highest BCUT2D eigenvalue weighted by Crippen LogP contribution is 2.31. The third-order valence-electron chi connectivity index (χ3n) is 5.51. The third-order valence-corrected chi connectivity index (χ3v) is 5.51. The van der Waals surface area contributed by atoms with Gasteiger partial charge in [-0.1, -0.05) is 45.0 Å². The van der Waals surface area contributed by atoms with Gasteiger partial charge in [0.2, 0.25) is 5.89 Å². The summed E-state index contributed by atoms with van der Waals surface area (Å²) in [4.78, 5) is 29.4. The van der Waals surface area contributed by atoms with Gasteiger partial charge in [-0.2, -0.15) is 0 Å². The van der Waals surface area contributed by atoms with Crippen LogP contribution in [0.25, 0.3) is 11.5 Å². The topological polar surface area (TPSA) is 87.9 Å². The molecule has 0 radical (unpaired) electrons. The molecule has 0 saturated carbocycles. The van der Waals surface area contributed by atoms with Gasteiger partial charge in [-0.3, -0.25) is 9.59 Å². The van der Waals surface area contributed by atoms with Gasteiger partial charge in [-0.05, 0) is 56.2 Å². The van der Waals surface area contributed by atoms with Crippen molar-refractivity contribution >= 4 is 11.9 Å². The van der Waals surface area contributed by atoms with Crippen LogP contribution < -0.4 is 4.74 Å². The van der Waals surface area contributed by atoms with Crippen molar-refractivity contribution in [3.8, 4) is 17.2 Å². The number of nitrogens with zero attached hydrogens (tertiary/aromatic N) is 1. The monoisotopic (exact) mass is 495 g/mol.